The van der Waals surface area contributed by atoms with Crippen molar-refractivity contribution in [2.24, 2.45) is 0 Å². The molecule has 0 aliphatic heterocycles. The molecule has 1 aromatic carbocycles. The number of benzene rings is 1. The van der Waals surface area contributed by atoms with Gasteiger partial charge in [0.05, 0.1) is 5.69 Å². The largest absolute Gasteiger partial charge is 0.348 e. The predicted molar refractivity (Wildman–Crippen MR) is 118 cm³/mol. The number of anilines is 1. The SMILES string of the molecule is Cc1cc(-c2csc(NC(=O)C(C)S(C)(=O)=O)n2)c(C)n1CCc1ccccc1. The first kappa shape index (κ1) is 21.3. The van der Waals surface area contributed by atoms with E-state index in [1.165, 1.54) is 23.8 Å². The monoisotopic (exact) mass is 431 g/mol. The molecular formula is C21H25N3O3S2. The van der Waals surface area contributed by atoms with Crippen molar-refractivity contribution in [3.05, 3.63) is 58.7 Å². The molecule has 154 valence electrons. The van der Waals surface area contributed by atoms with Crippen LogP contribution in [-0.4, -0.2) is 35.4 Å². The Balaban J connectivity index is 1.76. The smallest absolute Gasteiger partial charge is 0.244 e. The fourth-order valence-electron chi connectivity index (χ4n) is 3.15. The first-order valence-electron chi connectivity index (χ1n) is 9.33. The molecule has 3 rings (SSSR count). The third-order valence-corrected chi connectivity index (χ3v) is 7.32. The molecule has 2 aromatic heterocycles. The molecule has 0 radical (unpaired) electrons. The molecule has 0 fully saturated rings. The van der Waals surface area contributed by atoms with Gasteiger partial charge in [-0.25, -0.2) is 13.4 Å². The molecule has 8 heteroatoms. The average molecular weight is 432 g/mol. The van der Waals surface area contributed by atoms with Crippen molar-refractivity contribution in [1.82, 2.24) is 9.55 Å². The molecule has 1 unspecified atom stereocenters. The number of thiazole rings is 1. The molecule has 2 heterocycles. The van der Waals surface area contributed by atoms with E-state index in [4.69, 9.17) is 0 Å². The van der Waals surface area contributed by atoms with E-state index in [-0.39, 0.29) is 0 Å². The first-order chi connectivity index (χ1) is 13.7. The zero-order valence-electron chi connectivity index (χ0n) is 17.0. The average Bonchev–Trinajstić information content (AvgIpc) is 3.24. The van der Waals surface area contributed by atoms with Crippen molar-refractivity contribution < 1.29 is 13.2 Å². The Labute approximate surface area is 175 Å². The van der Waals surface area contributed by atoms with Crippen molar-refractivity contribution in [2.45, 2.75) is 39.0 Å². The predicted octanol–water partition coefficient (Wildman–Crippen LogP) is 3.84. The first-order valence-corrected chi connectivity index (χ1v) is 12.2. The van der Waals surface area contributed by atoms with Crippen LogP contribution in [0.2, 0.25) is 0 Å². The van der Waals surface area contributed by atoms with E-state index >= 15 is 0 Å². The molecular weight excluding hydrogens is 406 g/mol. The molecule has 6 nitrogen and oxygen atoms in total. The number of hydrogen-bond acceptors (Lipinski definition) is 5. The van der Waals surface area contributed by atoms with Gasteiger partial charge in [0.15, 0.2) is 15.0 Å². The van der Waals surface area contributed by atoms with Gasteiger partial charge in [-0.15, -0.1) is 11.3 Å². The van der Waals surface area contributed by atoms with Crippen LogP contribution >= 0.6 is 11.3 Å². The molecule has 0 aliphatic rings. The molecule has 1 amide bonds. The van der Waals surface area contributed by atoms with Crippen molar-refractivity contribution in [3.63, 3.8) is 0 Å². The van der Waals surface area contributed by atoms with E-state index in [2.05, 4.69) is 46.9 Å². The summed E-state index contributed by atoms with van der Waals surface area (Å²) in [6, 6.07) is 12.5. The van der Waals surface area contributed by atoms with Gasteiger partial charge in [0.1, 0.15) is 5.25 Å². The van der Waals surface area contributed by atoms with Crippen LogP contribution in [0.4, 0.5) is 5.13 Å². The standard InChI is InChI=1S/C21H25N3O3S2/c1-14-12-18(15(2)24(14)11-10-17-8-6-5-7-9-17)19-13-28-21(22-19)23-20(25)16(3)29(4,26)27/h5-9,12-13,16H,10-11H2,1-4H3,(H,22,23,25). The molecule has 0 spiro atoms. The summed E-state index contributed by atoms with van der Waals surface area (Å²) in [7, 11) is -3.44. The van der Waals surface area contributed by atoms with E-state index in [0.29, 0.717) is 5.13 Å². The lowest BCUT2D eigenvalue weighted by Crippen LogP contribution is -2.31. The molecule has 1 N–H and O–H groups in total. The summed E-state index contributed by atoms with van der Waals surface area (Å²) < 4.78 is 25.4. The Kier molecular flexibility index (Phi) is 6.24. The highest BCUT2D eigenvalue weighted by molar-refractivity contribution is 7.92. The second kappa shape index (κ2) is 8.51. The summed E-state index contributed by atoms with van der Waals surface area (Å²) in [4.78, 5) is 16.6. The highest BCUT2D eigenvalue weighted by Gasteiger charge is 2.24. The molecule has 1 atom stereocenters. The van der Waals surface area contributed by atoms with Crippen LogP contribution in [0.3, 0.4) is 0 Å². The maximum atomic E-state index is 12.1. The number of hydrogen-bond donors (Lipinski definition) is 1. The van der Waals surface area contributed by atoms with Crippen LogP contribution in [0, 0.1) is 13.8 Å². The number of nitrogens with zero attached hydrogens (tertiary/aromatic N) is 2. The third kappa shape index (κ3) is 4.94. The Hall–Kier alpha value is -2.45. The number of carbonyl (C=O) groups is 1. The summed E-state index contributed by atoms with van der Waals surface area (Å²) in [5, 5.41) is 3.77. The summed E-state index contributed by atoms with van der Waals surface area (Å²) in [6.07, 6.45) is 1.99. The van der Waals surface area contributed by atoms with Gasteiger partial charge in [0.25, 0.3) is 0 Å². The van der Waals surface area contributed by atoms with E-state index in [9.17, 15) is 13.2 Å². The second-order valence-corrected chi connectivity index (χ2v) is 10.4. The van der Waals surface area contributed by atoms with Gasteiger partial charge in [-0.3, -0.25) is 4.79 Å². The molecule has 0 aliphatic carbocycles. The Bertz CT molecular complexity index is 1120. The Morgan fingerprint density at radius 1 is 1.24 bits per heavy atom. The van der Waals surface area contributed by atoms with Gasteiger partial charge in [-0.1, -0.05) is 30.3 Å². The van der Waals surface area contributed by atoms with E-state index in [1.807, 2.05) is 23.6 Å². The lowest BCUT2D eigenvalue weighted by molar-refractivity contribution is -0.115. The lowest BCUT2D eigenvalue weighted by atomic mass is 10.1. The highest BCUT2D eigenvalue weighted by atomic mass is 32.2. The van der Waals surface area contributed by atoms with Crippen LogP contribution < -0.4 is 5.32 Å². The normalized spacial score (nSPS) is 12.7. The minimum atomic E-state index is -3.44. The fraction of sp³-hybridized carbons (Fsp3) is 0.333. The van der Waals surface area contributed by atoms with Gasteiger partial charge < -0.3 is 9.88 Å². The third-order valence-electron chi connectivity index (χ3n) is 5.06. The number of nitrogens with one attached hydrogen (secondary N) is 1. The minimum absolute atomic E-state index is 0.398. The number of rotatable bonds is 7. The number of aromatic nitrogens is 2. The molecule has 29 heavy (non-hydrogen) atoms. The summed E-state index contributed by atoms with van der Waals surface area (Å²) in [6.45, 7) is 6.39. The molecule has 3 aromatic rings. The summed E-state index contributed by atoms with van der Waals surface area (Å²) in [5.41, 5.74) is 5.35. The van der Waals surface area contributed by atoms with Crippen molar-refractivity contribution >= 4 is 32.2 Å². The van der Waals surface area contributed by atoms with Gasteiger partial charge in [-0.2, -0.15) is 0 Å². The zero-order valence-corrected chi connectivity index (χ0v) is 18.6. The van der Waals surface area contributed by atoms with Gasteiger partial charge in [0, 0.05) is 35.1 Å². The van der Waals surface area contributed by atoms with Crippen molar-refractivity contribution in [2.75, 3.05) is 11.6 Å². The lowest BCUT2D eigenvalue weighted by Gasteiger charge is -2.10. The quantitative estimate of drug-likeness (QED) is 0.616. The topological polar surface area (TPSA) is 81.1 Å². The van der Waals surface area contributed by atoms with Crippen LogP contribution in [0.25, 0.3) is 11.3 Å². The van der Waals surface area contributed by atoms with Crippen molar-refractivity contribution in [1.29, 1.82) is 0 Å². The maximum absolute atomic E-state index is 12.1. The molecule has 0 bridgehead atoms. The summed E-state index contributed by atoms with van der Waals surface area (Å²) >= 11 is 1.29. The zero-order chi connectivity index (χ0) is 21.2. The summed E-state index contributed by atoms with van der Waals surface area (Å²) in [5.74, 6) is -0.568. The molecule has 0 saturated heterocycles. The van der Waals surface area contributed by atoms with Gasteiger partial charge >= 0.3 is 0 Å². The minimum Gasteiger partial charge on any atom is -0.348 e. The number of aryl methyl sites for hydroxylation is 2. The number of amides is 1. The van der Waals surface area contributed by atoms with E-state index in [0.717, 1.165) is 41.9 Å². The number of sulfone groups is 1. The van der Waals surface area contributed by atoms with Gasteiger partial charge in [0.2, 0.25) is 5.91 Å². The van der Waals surface area contributed by atoms with Crippen LogP contribution in [0.1, 0.15) is 23.9 Å². The maximum Gasteiger partial charge on any atom is 0.244 e. The van der Waals surface area contributed by atoms with E-state index < -0.39 is 21.0 Å². The fourth-order valence-corrected chi connectivity index (χ4v) is 4.31. The van der Waals surface area contributed by atoms with Crippen LogP contribution in [-0.2, 0) is 27.6 Å². The van der Waals surface area contributed by atoms with Crippen LogP contribution in [0.15, 0.2) is 41.8 Å². The highest BCUT2D eigenvalue weighted by Crippen LogP contribution is 2.30. The number of carbonyl (C=O) groups excluding carboxylic acids is 1. The van der Waals surface area contributed by atoms with E-state index in [1.54, 1.807) is 0 Å². The Morgan fingerprint density at radius 3 is 2.59 bits per heavy atom. The molecule has 0 saturated carbocycles. The second-order valence-electron chi connectivity index (χ2n) is 7.17. The van der Waals surface area contributed by atoms with Crippen LogP contribution in [0.5, 0.6) is 0 Å². The van der Waals surface area contributed by atoms with Crippen molar-refractivity contribution in [3.8, 4) is 11.3 Å². The van der Waals surface area contributed by atoms with Gasteiger partial charge in [-0.05, 0) is 38.8 Å². The Morgan fingerprint density at radius 2 is 1.93 bits per heavy atom.